The number of anilines is 3. The molecule has 3 aromatic rings. The summed E-state index contributed by atoms with van der Waals surface area (Å²) in [4.78, 5) is 24.0. The molecular formula is C18H20N6O3S. The number of fused-ring (bicyclic) bond motifs is 1. The molecule has 1 aromatic carbocycles. The fourth-order valence-electron chi connectivity index (χ4n) is 3.38. The molecule has 0 amide bonds. The smallest absolute Gasteiger partial charge is 0.353 e. The van der Waals surface area contributed by atoms with Crippen LogP contribution in [0.3, 0.4) is 0 Å². The minimum atomic E-state index is -0.455. The SMILES string of the molecule is COc1ccc2nc(Nc3ncnc(NC4CCCCC4)c3[N+](=O)[O-])sc2c1. The second-order valence-electron chi connectivity index (χ2n) is 6.63. The zero-order valence-electron chi connectivity index (χ0n) is 15.3. The van der Waals surface area contributed by atoms with Crippen LogP contribution in [0.25, 0.3) is 10.2 Å². The monoisotopic (exact) mass is 400 g/mol. The normalized spacial score (nSPS) is 14.8. The Kier molecular flexibility index (Phi) is 5.20. The molecule has 2 aromatic heterocycles. The van der Waals surface area contributed by atoms with Gasteiger partial charge in [0, 0.05) is 6.04 Å². The van der Waals surface area contributed by atoms with Gasteiger partial charge in [0.25, 0.3) is 0 Å². The van der Waals surface area contributed by atoms with Gasteiger partial charge in [-0.05, 0) is 31.0 Å². The minimum Gasteiger partial charge on any atom is -0.497 e. The van der Waals surface area contributed by atoms with Gasteiger partial charge in [0.2, 0.25) is 11.6 Å². The lowest BCUT2D eigenvalue weighted by molar-refractivity contribution is -0.383. The molecule has 0 bridgehead atoms. The number of benzene rings is 1. The molecule has 0 spiro atoms. The van der Waals surface area contributed by atoms with E-state index in [4.69, 9.17) is 4.74 Å². The van der Waals surface area contributed by atoms with E-state index in [-0.39, 0.29) is 23.4 Å². The number of nitro groups is 1. The molecular weight excluding hydrogens is 380 g/mol. The summed E-state index contributed by atoms with van der Waals surface area (Å²) in [7, 11) is 1.60. The van der Waals surface area contributed by atoms with Gasteiger partial charge in [0.15, 0.2) is 5.13 Å². The van der Waals surface area contributed by atoms with Crippen LogP contribution in [-0.4, -0.2) is 33.0 Å². The molecule has 0 unspecified atom stereocenters. The summed E-state index contributed by atoms with van der Waals surface area (Å²) < 4.78 is 6.14. The largest absolute Gasteiger partial charge is 0.497 e. The van der Waals surface area contributed by atoms with Gasteiger partial charge in [0.05, 0.1) is 22.2 Å². The van der Waals surface area contributed by atoms with Crippen molar-refractivity contribution in [1.29, 1.82) is 0 Å². The Bertz CT molecular complexity index is 1000. The zero-order valence-corrected chi connectivity index (χ0v) is 16.2. The van der Waals surface area contributed by atoms with Gasteiger partial charge < -0.3 is 15.4 Å². The number of hydrogen-bond donors (Lipinski definition) is 2. The molecule has 2 heterocycles. The highest BCUT2D eigenvalue weighted by molar-refractivity contribution is 7.22. The highest BCUT2D eigenvalue weighted by atomic mass is 32.1. The topological polar surface area (TPSA) is 115 Å². The number of rotatable bonds is 6. The molecule has 1 fully saturated rings. The molecule has 0 saturated heterocycles. The van der Waals surface area contributed by atoms with Crippen LogP contribution in [0.5, 0.6) is 5.75 Å². The van der Waals surface area contributed by atoms with Crippen molar-refractivity contribution >= 4 is 44.0 Å². The second-order valence-corrected chi connectivity index (χ2v) is 7.66. The quantitative estimate of drug-likeness (QED) is 0.459. The zero-order chi connectivity index (χ0) is 19.5. The van der Waals surface area contributed by atoms with E-state index < -0.39 is 4.92 Å². The first-order chi connectivity index (χ1) is 13.6. The fraction of sp³-hybridized carbons (Fsp3) is 0.389. The van der Waals surface area contributed by atoms with Crippen LogP contribution >= 0.6 is 11.3 Å². The van der Waals surface area contributed by atoms with Crippen molar-refractivity contribution in [3.05, 3.63) is 34.6 Å². The van der Waals surface area contributed by atoms with Crippen molar-refractivity contribution in [2.75, 3.05) is 17.7 Å². The van der Waals surface area contributed by atoms with Gasteiger partial charge >= 0.3 is 5.69 Å². The van der Waals surface area contributed by atoms with E-state index >= 15 is 0 Å². The first kappa shape index (κ1) is 18.4. The van der Waals surface area contributed by atoms with E-state index in [2.05, 4.69) is 25.6 Å². The van der Waals surface area contributed by atoms with E-state index in [1.54, 1.807) is 7.11 Å². The second kappa shape index (κ2) is 7.93. The summed E-state index contributed by atoms with van der Waals surface area (Å²) in [5, 5.41) is 18.5. The lowest BCUT2D eigenvalue weighted by Crippen LogP contribution is -2.23. The Morgan fingerprint density at radius 3 is 2.75 bits per heavy atom. The van der Waals surface area contributed by atoms with Gasteiger partial charge in [-0.15, -0.1) is 0 Å². The summed E-state index contributed by atoms with van der Waals surface area (Å²) >= 11 is 1.38. The Balaban J connectivity index is 1.63. The number of ether oxygens (including phenoxy) is 1. The van der Waals surface area contributed by atoms with Crippen LogP contribution in [0.2, 0.25) is 0 Å². The van der Waals surface area contributed by atoms with Crippen LogP contribution in [0, 0.1) is 10.1 Å². The first-order valence-corrected chi connectivity index (χ1v) is 9.93. The Hall–Kier alpha value is -3.01. The van der Waals surface area contributed by atoms with E-state index in [9.17, 15) is 10.1 Å². The van der Waals surface area contributed by atoms with Crippen LogP contribution in [0.1, 0.15) is 32.1 Å². The molecule has 0 aliphatic heterocycles. The van der Waals surface area contributed by atoms with Gasteiger partial charge in [-0.25, -0.2) is 15.0 Å². The molecule has 9 nitrogen and oxygen atoms in total. The van der Waals surface area contributed by atoms with Crippen molar-refractivity contribution in [3.63, 3.8) is 0 Å². The minimum absolute atomic E-state index is 0.129. The van der Waals surface area contributed by atoms with Crippen molar-refractivity contribution in [1.82, 2.24) is 15.0 Å². The summed E-state index contributed by atoms with van der Waals surface area (Å²) in [5.41, 5.74) is 0.621. The van der Waals surface area contributed by atoms with Gasteiger partial charge in [-0.1, -0.05) is 30.6 Å². The van der Waals surface area contributed by atoms with Crippen molar-refractivity contribution in [3.8, 4) is 5.75 Å². The molecule has 1 saturated carbocycles. The van der Waals surface area contributed by atoms with Crippen LogP contribution in [0.15, 0.2) is 24.5 Å². The van der Waals surface area contributed by atoms with Crippen LogP contribution in [-0.2, 0) is 0 Å². The maximum absolute atomic E-state index is 11.7. The van der Waals surface area contributed by atoms with E-state index in [0.717, 1.165) is 41.6 Å². The molecule has 2 N–H and O–H groups in total. The number of aromatic nitrogens is 3. The summed E-state index contributed by atoms with van der Waals surface area (Å²) in [6.07, 6.45) is 6.76. The summed E-state index contributed by atoms with van der Waals surface area (Å²) in [5.74, 6) is 1.11. The molecule has 28 heavy (non-hydrogen) atoms. The number of nitrogens with zero attached hydrogens (tertiary/aromatic N) is 4. The van der Waals surface area contributed by atoms with E-state index in [1.807, 2.05) is 18.2 Å². The Labute approximate surface area is 165 Å². The average molecular weight is 400 g/mol. The summed E-state index contributed by atoms with van der Waals surface area (Å²) in [6.45, 7) is 0. The maximum atomic E-state index is 11.7. The van der Waals surface area contributed by atoms with Crippen LogP contribution < -0.4 is 15.4 Å². The van der Waals surface area contributed by atoms with Crippen LogP contribution in [0.4, 0.5) is 22.5 Å². The Morgan fingerprint density at radius 1 is 1.21 bits per heavy atom. The van der Waals surface area contributed by atoms with Gasteiger partial charge in [0.1, 0.15) is 12.1 Å². The van der Waals surface area contributed by atoms with E-state index in [1.165, 1.54) is 24.1 Å². The third-order valence-electron chi connectivity index (χ3n) is 4.77. The lowest BCUT2D eigenvalue weighted by atomic mass is 9.95. The highest BCUT2D eigenvalue weighted by Gasteiger charge is 2.26. The number of hydrogen-bond acceptors (Lipinski definition) is 9. The number of methoxy groups -OCH3 is 1. The van der Waals surface area contributed by atoms with Crippen molar-refractivity contribution in [2.45, 2.75) is 38.1 Å². The fourth-order valence-corrected chi connectivity index (χ4v) is 4.27. The van der Waals surface area contributed by atoms with E-state index in [0.29, 0.717) is 5.13 Å². The van der Waals surface area contributed by atoms with Crippen molar-refractivity contribution in [2.24, 2.45) is 0 Å². The molecule has 146 valence electrons. The standard InChI is InChI=1S/C18H20N6O3S/c1-27-12-7-8-13-14(9-12)28-18(22-13)23-17-15(24(25)26)16(19-10-20-17)21-11-5-3-2-4-6-11/h7-11H,2-6H2,1H3,(H2,19,20,21,22,23). The molecule has 4 rings (SSSR count). The first-order valence-electron chi connectivity index (χ1n) is 9.11. The molecule has 0 atom stereocenters. The summed E-state index contributed by atoms with van der Waals surface area (Å²) in [6, 6.07) is 5.75. The maximum Gasteiger partial charge on any atom is 0.353 e. The molecule has 1 aliphatic rings. The highest BCUT2D eigenvalue weighted by Crippen LogP contribution is 2.36. The third kappa shape index (κ3) is 3.81. The molecule has 10 heteroatoms. The predicted octanol–water partition coefficient (Wildman–Crippen LogP) is 4.49. The Morgan fingerprint density at radius 2 is 2.00 bits per heavy atom. The average Bonchev–Trinajstić information content (AvgIpc) is 3.10. The van der Waals surface area contributed by atoms with Gasteiger partial charge in [-0.2, -0.15) is 0 Å². The number of nitrogens with one attached hydrogen (secondary N) is 2. The molecule has 0 radical (unpaired) electrons. The van der Waals surface area contributed by atoms with Gasteiger partial charge in [-0.3, -0.25) is 10.1 Å². The van der Waals surface area contributed by atoms with Crippen molar-refractivity contribution < 1.29 is 9.66 Å². The predicted molar refractivity (Wildman–Crippen MR) is 109 cm³/mol. The molecule has 1 aliphatic carbocycles. The lowest BCUT2D eigenvalue weighted by Gasteiger charge is -2.23. The number of thiazole rings is 1. The third-order valence-corrected chi connectivity index (χ3v) is 5.71.